The van der Waals surface area contributed by atoms with Crippen LogP contribution in [0.5, 0.6) is 28.7 Å². The number of carbonyl (C=O) groups is 3. The van der Waals surface area contributed by atoms with Crippen molar-refractivity contribution >= 4 is 46.9 Å². The predicted octanol–water partition coefficient (Wildman–Crippen LogP) is 8.03. The van der Waals surface area contributed by atoms with Gasteiger partial charge in [-0.05, 0) is 91.9 Å². The van der Waals surface area contributed by atoms with Gasteiger partial charge in [0.05, 0.1) is 26.6 Å². The van der Waals surface area contributed by atoms with Crippen molar-refractivity contribution in [3.05, 3.63) is 138 Å². The van der Waals surface area contributed by atoms with Gasteiger partial charge in [-0.2, -0.15) is 0 Å². The molecule has 0 aliphatic heterocycles. The molecule has 5 aromatic carbocycles. The highest BCUT2D eigenvalue weighted by molar-refractivity contribution is 8.00. The smallest absolute Gasteiger partial charge is 0.272 e. The Kier molecular flexibility index (Phi) is 12.4. The maximum atomic E-state index is 13.6. The van der Waals surface area contributed by atoms with Crippen LogP contribution >= 0.6 is 11.8 Å². The monoisotopic (exact) mass is 703 g/mol. The lowest BCUT2D eigenvalue weighted by Crippen LogP contribution is -2.30. The summed E-state index contributed by atoms with van der Waals surface area (Å²) in [6.45, 7) is 1.82. The molecule has 3 N–H and O–H groups in total. The molecule has 1 atom stereocenters. The number of nitrogens with one attached hydrogen (secondary N) is 3. The number of amides is 3. The van der Waals surface area contributed by atoms with E-state index in [9.17, 15) is 14.4 Å². The second-order valence-corrected chi connectivity index (χ2v) is 12.4. The number of hydrogen-bond acceptors (Lipinski definition) is 8. The number of rotatable bonds is 14. The molecule has 0 bridgehead atoms. The quantitative estimate of drug-likeness (QED) is 0.0785. The van der Waals surface area contributed by atoms with Crippen LogP contribution in [-0.4, -0.2) is 44.3 Å². The molecular weight excluding hydrogens is 667 g/mol. The molecule has 0 aliphatic rings. The third kappa shape index (κ3) is 9.93. The van der Waals surface area contributed by atoms with Crippen LogP contribution in [0.4, 0.5) is 11.4 Å². The fraction of sp³-hybridized carbons (Fsp3) is 0.125. The number of anilines is 2. The van der Waals surface area contributed by atoms with Gasteiger partial charge >= 0.3 is 0 Å². The van der Waals surface area contributed by atoms with E-state index in [1.165, 1.54) is 39.2 Å². The summed E-state index contributed by atoms with van der Waals surface area (Å²) in [6, 6.07) is 35.6. The Morgan fingerprint density at radius 3 is 1.82 bits per heavy atom. The number of ether oxygens (including phenoxy) is 4. The van der Waals surface area contributed by atoms with Crippen LogP contribution in [0.2, 0.25) is 0 Å². The molecule has 0 fully saturated rings. The summed E-state index contributed by atoms with van der Waals surface area (Å²) in [5, 5.41) is 8.10. The van der Waals surface area contributed by atoms with E-state index in [0.29, 0.717) is 45.5 Å². The van der Waals surface area contributed by atoms with E-state index in [2.05, 4.69) is 16.0 Å². The lowest BCUT2D eigenvalue weighted by atomic mass is 10.1. The van der Waals surface area contributed by atoms with E-state index in [-0.39, 0.29) is 11.6 Å². The van der Waals surface area contributed by atoms with Gasteiger partial charge in [0.25, 0.3) is 11.8 Å². The van der Waals surface area contributed by atoms with Crippen molar-refractivity contribution in [2.24, 2.45) is 0 Å². The molecule has 0 radical (unpaired) electrons. The molecule has 5 rings (SSSR count). The van der Waals surface area contributed by atoms with Crippen LogP contribution in [0.25, 0.3) is 6.08 Å². The van der Waals surface area contributed by atoms with Crippen molar-refractivity contribution in [2.45, 2.75) is 17.1 Å². The van der Waals surface area contributed by atoms with E-state index in [0.717, 1.165) is 10.6 Å². The largest absolute Gasteiger partial charge is 0.496 e. The molecule has 51 heavy (non-hydrogen) atoms. The average molecular weight is 704 g/mol. The lowest BCUT2D eigenvalue weighted by molar-refractivity contribution is -0.115. The molecule has 0 aromatic heterocycles. The topological polar surface area (TPSA) is 124 Å². The summed E-state index contributed by atoms with van der Waals surface area (Å²) in [5.74, 6) is 1.46. The van der Waals surface area contributed by atoms with Crippen molar-refractivity contribution < 1.29 is 33.3 Å². The second kappa shape index (κ2) is 17.5. The van der Waals surface area contributed by atoms with Gasteiger partial charge in [0.1, 0.15) is 22.9 Å². The SMILES string of the molecule is COc1cc(OC)c(OC)cc1/C=C(\NC(=O)c1ccccc1)C(=O)Nc1ccc(SC(C)C(=O)Nc2ccc(Oc3ccccc3)cc2)cc1. The second-order valence-electron chi connectivity index (χ2n) is 11.0. The Hall–Kier alpha value is -6.20. The van der Waals surface area contributed by atoms with Gasteiger partial charge in [0.15, 0.2) is 11.5 Å². The van der Waals surface area contributed by atoms with Crippen molar-refractivity contribution in [3.63, 3.8) is 0 Å². The van der Waals surface area contributed by atoms with Crippen LogP contribution in [0.15, 0.2) is 132 Å². The van der Waals surface area contributed by atoms with Crippen molar-refractivity contribution in [3.8, 4) is 28.7 Å². The first-order chi connectivity index (χ1) is 24.8. The Balaban J connectivity index is 1.25. The molecule has 0 spiro atoms. The van der Waals surface area contributed by atoms with Crippen molar-refractivity contribution in [1.82, 2.24) is 5.32 Å². The first-order valence-electron chi connectivity index (χ1n) is 15.9. The first-order valence-corrected chi connectivity index (χ1v) is 16.7. The maximum absolute atomic E-state index is 13.6. The van der Waals surface area contributed by atoms with Crippen LogP contribution < -0.4 is 34.9 Å². The van der Waals surface area contributed by atoms with Crippen molar-refractivity contribution in [1.29, 1.82) is 0 Å². The molecule has 1 unspecified atom stereocenters. The lowest BCUT2D eigenvalue weighted by Gasteiger charge is -2.15. The highest BCUT2D eigenvalue weighted by Gasteiger charge is 2.19. The molecule has 0 heterocycles. The van der Waals surface area contributed by atoms with Crippen molar-refractivity contribution in [2.75, 3.05) is 32.0 Å². The van der Waals surface area contributed by atoms with E-state index >= 15 is 0 Å². The van der Waals surface area contributed by atoms with Gasteiger partial charge in [-0.1, -0.05) is 36.4 Å². The van der Waals surface area contributed by atoms with Crippen LogP contribution in [-0.2, 0) is 9.59 Å². The van der Waals surface area contributed by atoms with E-state index in [4.69, 9.17) is 18.9 Å². The summed E-state index contributed by atoms with van der Waals surface area (Å²) >= 11 is 1.37. The zero-order valence-corrected chi connectivity index (χ0v) is 29.3. The summed E-state index contributed by atoms with van der Waals surface area (Å²) in [4.78, 5) is 40.6. The summed E-state index contributed by atoms with van der Waals surface area (Å²) in [7, 11) is 4.50. The maximum Gasteiger partial charge on any atom is 0.272 e. The minimum Gasteiger partial charge on any atom is -0.496 e. The Bertz CT molecular complexity index is 1990. The Labute approximate surface area is 300 Å². The summed E-state index contributed by atoms with van der Waals surface area (Å²) in [6.07, 6.45) is 1.51. The number of carbonyl (C=O) groups excluding carboxylic acids is 3. The third-order valence-electron chi connectivity index (χ3n) is 7.46. The summed E-state index contributed by atoms with van der Waals surface area (Å²) in [5.41, 5.74) is 1.96. The highest BCUT2D eigenvalue weighted by atomic mass is 32.2. The number of methoxy groups -OCH3 is 3. The molecule has 3 amide bonds. The van der Waals surface area contributed by atoms with Gasteiger partial charge in [-0.15, -0.1) is 11.8 Å². The Morgan fingerprint density at radius 2 is 1.20 bits per heavy atom. The molecule has 0 saturated heterocycles. The van der Waals surface area contributed by atoms with E-state index in [1.54, 1.807) is 78.9 Å². The zero-order valence-electron chi connectivity index (χ0n) is 28.5. The van der Waals surface area contributed by atoms with Gasteiger partial charge in [0, 0.05) is 33.5 Å². The fourth-order valence-corrected chi connectivity index (χ4v) is 5.68. The molecule has 5 aromatic rings. The number of hydrogen-bond donors (Lipinski definition) is 3. The standard InChI is InChI=1S/C40H37N3O7S/c1-26(38(44)41-29-15-19-32(20-16-29)50-31-13-9-6-10-14-31)51-33-21-17-30(18-22-33)42-40(46)34(43-39(45)27-11-7-5-8-12-27)23-28-24-36(48-3)37(49-4)25-35(28)47-2/h5-26H,1-4H3,(H,41,44)(H,42,46)(H,43,45)/b34-23-. The predicted molar refractivity (Wildman–Crippen MR) is 200 cm³/mol. The fourth-order valence-electron chi connectivity index (χ4n) is 4.81. The first kappa shape index (κ1) is 36.1. The van der Waals surface area contributed by atoms with Crippen LogP contribution in [0, 0.1) is 0 Å². The zero-order chi connectivity index (χ0) is 36.2. The molecular formula is C40H37N3O7S. The molecule has 260 valence electrons. The van der Waals surface area contributed by atoms with Gasteiger partial charge in [-0.3, -0.25) is 14.4 Å². The third-order valence-corrected chi connectivity index (χ3v) is 8.57. The summed E-state index contributed by atoms with van der Waals surface area (Å²) < 4.78 is 22.2. The number of thioether (sulfide) groups is 1. The van der Waals surface area contributed by atoms with Crippen LogP contribution in [0.3, 0.4) is 0 Å². The van der Waals surface area contributed by atoms with Gasteiger partial charge in [-0.25, -0.2) is 0 Å². The molecule has 10 nitrogen and oxygen atoms in total. The normalized spacial score (nSPS) is 11.5. The van der Waals surface area contributed by atoms with Crippen LogP contribution in [0.1, 0.15) is 22.8 Å². The number of benzene rings is 5. The highest BCUT2D eigenvalue weighted by Crippen LogP contribution is 2.36. The molecule has 11 heteroatoms. The minimum atomic E-state index is -0.565. The Morgan fingerprint density at radius 1 is 0.647 bits per heavy atom. The molecule has 0 aliphatic carbocycles. The molecule has 0 saturated carbocycles. The number of para-hydroxylation sites is 1. The van der Waals surface area contributed by atoms with E-state index in [1.807, 2.05) is 49.4 Å². The minimum absolute atomic E-state index is 0.0298. The average Bonchev–Trinajstić information content (AvgIpc) is 3.16. The van der Waals surface area contributed by atoms with E-state index < -0.39 is 17.1 Å². The van der Waals surface area contributed by atoms with Gasteiger partial charge < -0.3 is 34.9 Å². The van der Waals surface area contributed by atoms with Gasteiger partial charge in [0.2, 0.25) is 5.91 Å².